The van der Waals surface area contributed by atoms with Gasteiger partial charge in [0.2, 0.25) is 0 Å². The molecule has 0 fully saturated rings. The third kappa shape index (κ3) is 2.55. The van der Waals surface area contributed by atoms with Crippen molar-refractivity contribution in [3.8, 4) is 22.3 Å². The van der Waals surface area contributed by atoms with Crippen molar-refractivity contribution >= 4 is 13.3 Å². The molecule has 2 nitrogen and oxygen atoms in total. The Bertz CT molecular complexity index is 696. The summed E-state index contributed by atoms with van der Waals surface area (Å²) in [6, 6.07) is 14.2. The highest BCUT2D eigenvalue weighted by atomic mass is 14.6. The van der Waals surface area contributed by atoms with E-state index in [9.17, 15) is 0 Å². The third-order valence-electron chi connectivity index (χ3n) is 2.95. The summed E-state index contributed by atoms with van der Waals surface area (Å²) in [6.45, 7) is 0. The topological polar surface area (TPSA) is 25.8 Å². The van der Waals surface area contributed by atoms with Gasteiger partial charge in [0, 0.05) is 30.4 Å². The van der Waals surface area contributed by atoms with Crippen molar-refractivity contribution in [3.05, 3.63) is 67.3 Å². The molecule has 3 heteroatoms. The average Bonchev–Trinajstić information content (AvgIpc) is 2.48. The van der Waals surface area contributed by atoms with E-state index in [1.807, 2.05) is 36.7 Å². The van der Waals surface area contributed by atoms with Gasteiger partial charge in [-0.25, -0.2) is 0 Å². The first kappa shape index (κ1) is 11.7. The van der Waals surface area contributed by atoms with E-state index in [4.69, 9.17) is 7.85 Å². The van der Waals surface area contributed by atoms with Gasteiger partial charge in [-0.1, -0.05) is 35.8 Å². The second-order valence-corrected chi connectivity index (χ2v) is 4.33. The molecule has 88 valence electrons. The summed E-state index contributed by atoms with van der Waals surface area (Å²) in [4.78, 5) is 8.27. The number of aromatic nitrogens is 2. The highest BCUT2D eigenvalue weighted by Gasteiger charge is 2.02. The van der Waals surface area contributed by atoms with Crippen molar-refractivity contribution < 1.29 is 0 Å². The second kappa shape index (κ2) is 5.06. The number of benzene rings is 1. The van der Waals surface area contributed by atoms with Crippen molar-refractivity contribution in [2.75, 3.05) is 0 Å². The van der Waals surface area contributed by atoms with Crippen LogP contribution in [0.5, 0.6) is 0 Å². The average molecular weight is 242 g/mol. The molecule has 0 spiro atoms. The van der Waals surface area contributed by atoms with Crippen molar-refractivity contribution in [1.82, 2.24) is 9.97 Å². The van der Waals surface area contributed by atoms with Crippen LogP contribution in [0, 0.1) is 0 Å². The van der Waals surface area contributed by atoms with Crippen LogP contribution in [0.3, 0.4) is 0 Å². The zero-order chi connectivity index (χ0) is 13.1. The van der Waals surface area contributed by atoms with Gasteiger partial charge in [-0.2, -0.15) is 0 Å². The number of rotatable bonds is 2. The highest BCUT2D eigenvalue weighted by Crippen LogP contribution is 2.24. The van der Waals surface area contributed by atoms with Crippen LogP contribution >= 0.6 is 0 Å². The molecular weight excluding hydrogens is 231 g/mol. The normalized spacial score (nSPS) is 10.3. The van der Waals surface area contributed by atoms with E-state index in [1.54, 1.807) is 12.4 Å². The molecule has 0 aliphatic carbocycles. The van der Waals surface area contributed by atoms with Crippen molar-refractivity contribution in [2.24, 2.45) is 0 Å². The van der Waals surface area contributed by atoms with Gasteiger partial charge in [0.1, 0.15) is 7.85 Å². The first-order valence-corrected chi connectivity index (χ1v) is 6.04. The lowest BCUT2D eigenvalue weighted by molar-refractivity contribution is 1.33. The second-order valence-electron chi connectivity index (χ2n) is 4.33. The smallest absolute Gasteiger partial charge is 0.115 e. The van der Waals surface area contributed by atoms with Gasteiger partial charge in [-0.05, 0) is 28.8 Å². The lowest BCUT2D eigenvalue weighted by atomic mass is 9.94. The van der Waals surface area contributed by atoms with Gasteiger partial charge >= 0.3 is 0 Å². The summed E-state index contributed by atoms with van der Waals surface area (Å²) in [6.07, 6.45) is 7.10. The summed E-state index contributed by atoms with van der Waals surface area (Å²) < 4.78 is 0. The zero-order valence-corrected chi connectivity index (χ0v) is 10.3. The van der Waals surface area contributed by atoms with Crippen LogP contribution in [0.2, 0.25) is 0 Å². The molecule has 3 aromatic rings. The molecule has 19 heavy (non-hydrogen) atoms. The van der Waals surface area contributed by atoms with Crippen LogP contribution < -0.4 is 5.46 Å². The molecule has 0 aliphatic heterocycles. The Hall–Kier alpha value is -2.42. The maximum Gasteiger partial charge on any atom is 0.115 e. The summed E-state index contributed by atoms with van der Waals surface area (Å²) in [5, 5.41) is 0. The zero-order valence-electron chi connectivity index (χ0n) is 10.3. The van der Waals surface area contributed by atoms with Crippen LogP contribution in [0.4, 0.5) is 0 Å². The van der Waals surface area contributed by atoms with Gasteiger partial charge in [0.05, 0.1) is 0 Å². The van der Waals surface area contributed by atoms with Crippen molar-refractivity contribution in [2.45, 2.75) is 0 Å². The number of nitrogens with zero attached hydrogens (tertiary/aromatic N) is 2. The molecule has 0 unspecified atom stereocenters. The highest BCUT2D eigenvalue weighted by molar-refractivity contribution is 6.32. The van der Waals surface area contributed by atoms with Crippen molar-refractivity contribution in [1.29, 1.82) is 0 Å². The van der Waals surface area contributed by atoms with E-state index >= 15 is 0 Å². The van der Waals surface area contributed by atoms with E-state index in [-0.39, 0.29) is 0 Å². The van der Waals surface area contributed by atoms with Crippen LogP contribution in [0.1, 0.15) is 0 Å². The van der Waals surface area contributed by atoms with Crippen molar-refractivity contribution in [3.63, 3.8) is 0 Å². The Morgan fingerprint density at radius 2 is 1.42 bits per heavy atom. The first-order chi connectivity index (χ1) is 9.33. The Labute approximate surface area is 113 Å². The maximum absolute atomic E-state index is 5.77. The predicted octanol–water partition coefficient (Wildman–Crippen LogP) is 2.60. The van der Waals surface area contributed by atoms with Crippen LogP contribution in [0.25, 0.3) is 22.3 Å². The van der Waals surface area contributed by atoms with E-state index in [1.165, 1.54) is 0 Å². The summed E-state index contributed by atoms with van der Waals surface area (Å²) >= 11 is 0. The quantitative estimate of drug-likeness (QED) is 0.645. The molecule has 2 radical (unpaired) electrons. The van der Waals surface area contributed by atoms with E-state index in [2.05, 4.69) is 28.2 Å². The summed E-state index contributed by atoms with van der Waals surface area (Å²) in [5.74, 6) is 0. The van der Waals surface area contributed by atoms with E-state index in [0.29, 0.717) is 5.46 Å². The molecule has 0 saturated carbocycles. The molecule has 0 bridgehead atoms. The minimum atomic E-state index is 0.671. The standard InChI is InChI=1S/C16H11BN2/c17-16-8-15(10-19-11-16)13-4-1-3-12(7-13)14-5-2-6-18-9-14/h1-11H. The van der Waals surface area contributed by atoms with Gasteiger partial charge in [0.15, 0.2) is 0 Å². The Balaban J connectivity index is 2.06. The lowest BCUT2D eigenvalue weighted by Crippen LogP contribution is -2.02. The SMILES string of the molecule is [B]c1cncc(-c2cccc(-c3cccnc3)c2)c1. The molecule has 1 aromatic carbocycles. The monoisotopic (exact) mass is 242 g/mol. The summed E-state index contributed by atoms with van der Waals surface area (Å²) in [7, 11) is 5.77. The molecule has 0 N–H and O–H groups in total. The van der Waals surface area contributed by atoms with E-state index < -0.39 is 0 Å². The predicted molar refractivity (Wildman–Crippen MR) is 78.3 cm³/mol. The Morgan fingerprint density at radius 3 is 2.16 bits per heavy atom. The van der Waals surface area contributed by atoms with Crippen LogP contribution in [-0.4, -0.2) is 17.8 Å². The molecule has 2 heterocycles. The van der Waals surface area contributed by atoms with Gasteiger partial charge in [-0.15, -0.1) is 0 Å². The fourth-order valence-corrected chi connectivity index (χ4v) is 2.03. The van der Waals surface area contributed by atoms with E-state index in [0.717, 1.165) is 22.3 Å². The Kier molecular flexibility index (Phi) is 3.11. The third-order valence-corrected chi connectivity index (χ3v) is 2.95. The molecule has 0 atom stereocenters. The minimum absolute atomic E-state index is 0.671. The number of hydrogen-bond donors (Lipinski definition) is 0. The minimum Gasteiger partial charge on any atom is -0.265 e. The largest absolute Gasteiger partial charge is 0.265 e. The summed E-state index contributed by atoms with van der Waals surface area (Å²) in [5.41, 5.74) is 5.02. The van der Waals surface area contributed by atoms with Crippen LogP contribution in [0.15, 0.2) is 67.3 Å². The molecule has 0 saturated heterocycles. The fraction of sp³-hybridized carbons (Fsp3) is 0. The number of pyridine rings is 2. The van der Waals surface area contributed by atoms with Gasteiger partial charge < -0.3 is 0 Å². The molecule has 0 amide bonds. The lowest BCUT2D eigenvalue weighted by Gasteiger charge is -2.06. The van der Waals surface area contributed by atoms with Gasteiger partial charge in [-0.3, -0.25) is 9.97 Å². The Morgan fingerprint density at radius 1 is 0.684 bits per heavy atom. The van der Waals surface area contributed by atoms with Gasteiger partial charge in [0.25, 0.3) is 0 Å². The fourth-order valence-electron chi connectivity index (χ4n) is 2.03. The first-order valence-electron chi connectivity index (χ1n) is 6.04. The van der Waals surface area contributed by atoms with Crippen LogP contribution in [-0.2, 0) is 0 Å². The maximum atomic E-state index is 5.77. The number of hydrogen-bond acceptors (Lipinski definition) is 2. The molecule has 0 aliphatic rings. The molecular formula is C16H11BN2. The molecule has 2 aromatic heterocycles. The molecule has 3 rings (SSSR count).